The first-order valence-corrected chi connectivity index (χ1v) is 11.3. The molecule has 0 radical (unpaired) electrons. The molecule has 0 aliphatic rings. The van der Waals surface area contributed by atoms with E-state index in [-0.39, 0.29) is 5.78 Å². The Hall–Kier alpha value is -2.45. The Labute approximate surface area is 145 Å². The van der Waals surface area contributed by atoms with E-state index in [0.717, 1.165) is 11.1 Å². The van der Waals surface area contributed by atoms with E-state index < -0.39 is 8.07 Å². The number of aryl methyl sites for hydroxylation is 1. The average molecular weight is 331 g/mol. The minimum Gasteiger partial charge on any atom is -0.289 e. The Balaban J connectivity index is 1.90. The highest BCUT2D eigenvalue weighted by atomic mass is 28.3. The largest absolute Gasteiger partial charge is 0.289 e. The zero-order valence-corrected chi connectivity index (χ0v) is 15.4. The van der Waals surface area contributed by atoms with Crippen LogP contribution in [0.15, 0.2) is 78.9 Å². The molecule has 0 atom stereocenters. The summed E-state index contributed by atoms with van der Waals surface area (Å²) in [5, 5.41) is 2.77. The molecule has 0 fully saturated rings. The summed E-state index contributed by atoms with van der Waals surface area (Å²) in [5.41, 5.74) is 2.78. The summed E-state index contributed by atoms with van der Waals surface area (Å²) in [4.78, 5) is 12.5. The van der Waals surface area contributed by atoms with Crippen molar-refractivity contribution in [2.24, 2.45) is 0 Å². The van der Waals surface area contributed by atoms with Crippen LogP contribution in [0.4, 0.5) is 0 Å². The molecule has 0 saturated carbocycles. The van der Waals surface area contributed by atoms with Gasteiger partial charge in [-0.15, -0.1) is 0 Å². The summed E-state index contributed by atoms with van der Waals surface area (Å²) in [5.74, 6) is 0.0807. The smallest absolute Gasteiger partial charge is 0.193 e. The molecule has 2 heteroatoms. The molecule has 0 saturated heterocycles. The third kappa shape index (κ3) is 3.24. The Morgan fingerprint density at radius 1 is 0.708 bits per heavy atom. The van der Waals surface area contributed by atoms with E-state index in [1.54, 1.807) is 0 Å². The van der Waals surface area contributed by atoms with Gasteiger partial charge in [-0.05, 0) is 6.92 Å². The Morgan fingerprint density at radius 2 is 1.33 bits per heavy atom. The van der Waals surface area contributed by atoms with Gasteiger partial charge in [0.05, 0.1) is 0 Å². The van der Waals surface area contributed by atoms with Crippen molar-refractivity contribution in [2.45, 2.75) is 20.0 Å². The van der Waals surface area contributed by atoms with Crippen LogP contribution in [-0.4, -0.2) is 13.9 Å². The van der Waals surface area contributed by atoms with Crippen LogP contribution in [0.3, 0.4) is 0 Å². The van der Waals surface area contributed by atoms with Gasteiger partial charge in [-0.3, -0.25) is 4.79 Å². The second-order valence-corrected chi connectivity index (χ2v) is 11.2. The number of benzene rings is 3. The van der Waals surface area contributed by atoms with E-state index in [0.29, 0.717) is 0 Å². The predicted octanol–water partition coefficient (Wildman–Crippen LogP) is 4.05. The summed E-state index contributed by atoms with van der Waals surface area (Å²) < 4.78 is 0. The van der Waals surface area contributed by atoms with Gasteiger partial charge in [-0.2, -0.15) is 0 Å². The van der Waals surface area contributed by atoms with E-state index in [1.807, 2.05) is 42.5 Å². The molecule has 0 spiro atoms. The first-order valence-electron chi connectivity index (χ1n) is 8.26. The number of carbonyl (C=O) groups is 1. The molecule has 3 aromatic rings. The van der Waals surface area contributed by atoms with Gasteiger partial charge < -0.3 is 0 Å². The predicted molar refractivity (Wildman–Crippen MR) is 104 cm³/mol. The quantitative estimate of drug-likeness (QED) is 0.521. The summed E-state index contributed by atoms with van der Waals surface area (Å²) in [6.45, 7) is 6.85. The Kier molecular flexibility index (Phi) is 4.50. The van der Waals surface area contributed by atoms with Gasteiger partial charge in [0.2, 0.25) is 0 Å². The van der Waals surface area contributed by atoms with Gasteiger partial charge in [0.25, 0.3) is 0 Å². The molecule has 0 aliphatic carbocycles. The molecule has 120 valence electrons. The lowest BCUT2D eigenvalue weighted by molar-refractivity contribution is 0.103. The number of carbonyl (C=O) groups excluding carboxylic acids is 1. The SMILES string of the molecule is Cc1cccc([Si](C)(C)c2ccc(C(=O)c3ccccc3)cc2)c1. The van der Waals surface area contributed by atoms with Crippen molar-refractivity contribution in [1.82, 2.24) is 0 Å². The van der Waals surface area contributed by atoms with Crippen LogP contribution < -0.4 is 10.4 Å². The average Bonchev–Trinajstić information content (AvgIpc) is 2.62. The van der Waals surface area contributed by atoms with Crippen molar-refractivity contribution < 1.29 is 4.79 Å². The van der Waals surface area contributed by atoms with Gasteiger partial charge in [0.1, 0.15) is 8.07 Å². The normalized spacial score (nSPS) is 11.3. The first-order chi connectivity index (χ1) is 11.5. The Morgan fingerprint density at radius 3 is 1.96 bits per heavy atom. The van der Waals surface area contributed by atoms with Crippen LogP contribution in [0.2, 0.25) is 13.1 Å². The third-order valence-electron chi connectivity index (χ3n) is 4.64. The molecule has 1 nitrogen and oxygen atoms in total. The molecule has 0 aromatic heterocycles. The second kappa shape index (κ2) is 6.58. The fourth-order valence-electron chi connectivity index (χ4n) is 2.99. The van der Waals surface area contributed by atoms with Gasteiger partial charge in [0, 0.05) is 11.1 Å². The minimum atomic E-state index is -1.74. The Bertz CT molecular complexity index is 849. The molecular formula is C22H22OSi. The highest BCUT2D eigenvalue weighted by Gasteiger charge is 2.26. The molecule has 0 aliphatic heterocycles. The molecular weight excluding hydrogens is 308 g/mol. The summed E-state index contributed by atoms with van der Waals surface area (Å²) >= 11 is 0. The van der Waals surface area contributed by atoms with E-state index in [2.05, 4.69) is 56.4 Å². The topological polar surface area (TPSA) is 17.1 Å². The number of rotatable bonds is 4. The van der Waals surface area contributed by atoms with E-state index in [1.165, 1.54) is 15.9 Å². The number of ketones is 1. The lowest BCUT2D eigenvalue weighted by atomic mass is 10.0. The van der Waals surface area contributed by atoms with Crippen LogP contribution in [0.5, 0.6) is 0 Å². The maximum absolute atomic E-state index is 12.5. The standard InChI is InChI=1S/C22H22OSi/c1-17-8-7-11-21(16-17)24(2,3)20-14-12-19(13-15-20)22(23)18-9-5-4-6-10-18/h4-16H,1-3H3. The lowest BCUT2D eigenvalue weighted by Gasteiger charge is -2.24. The van der Waals surface area contributed by atoms with Crippen LogP contribution in [-0.2, 0) is 0 Å². The van der Waals surface area contributed by atoms with Crippen molar-refractivity contribution in [2.75, 3.05) is 0 Å². The number of hydrogen-bond donors (Lipinski definition) is 0. The highest BCUT2D eigenvalue weighted by molar-refractivity contribution is 7.00. The van der Waals surface area contributed by atoms with Gasteiger partial charge in [-0.25, -0.2) is 0 Å². The fraction of sp³-hybridized carbons (Fsp3) is 0.136. The van der Waals surface area contributed by atoms with E-state index in [4.69, 9.17) is 0 Å². The fourth-order valence-corrected chi connectivity index (χ4v) is 5.43. The van der Waals surface area contributed by atoms with Gasteiger partial charge in [-0.1, -0.05) is 108 Å². The molecule has 0 amide bonds. The van der Waals surface area contributed by atoms with Crippen molar-refractivity contribution in [1.29, 1.82) is 0 Å². The second-order valence-electron chi connectivity index (χ2n) is 6.77. The lowest BCUT2D eigenvalue weighted by Crippen LogP contribution is -2.52. The maximum Gasteiger partial charge on any atom is 0.193 e. The first kappa shape index (κ1) is 16.4. The van der Waals surface area contributed by atoms with Crippen molar-refractivity contribution in [3.63, 3.8) is 0 Å². The third-order valence-corrected chi connectivity index (χ3v) is 8.18. The van der Waals surface area contributed by atoms with Crippen LogP contribution in [0, 0.1) is 6.92 Å². The molecule has 0 N–H and O–H groups in total. The molecule has 0 unspecified atom stereocenters. The molecule has 3 rings (SSSR count). The summed E-state index contributed by atoms with van der Waals surface area (Å²) in [6, 6.07) is 26.4. The van der Waals surface area contributed by atoms with E-state index in [9.17, 15) is 4.79 Å². The zero-order chi connectivity index (χ0) is 17.2. The summed E-state index contributed by atoms with van der Waals surface area (Å²) in [7, 11) is -1.74. The van der Waals surface area contributed by atoms with Crippen LogP contribution >= 0.6 is 0 Å². The van der Waals surface area contributed by atoms with Crippen molar-refractivity contribution in [3.05, 3.63) is 95.6 Å². The van der Waals surface area contributed by atoms with Crippen molar-refractivity contribution in [3.8, 4) is 0 Å². The zero-order valence-electron chi connectivity index (χ0n) is 14.4. The van der Waals surface area contributed by atoms with Crippen LogP contribution in [0.1, 0.15) is 21.5 Å². The summed E-state index contributed by atoms with van der Waals surface area (Å²) in [6.07, 6.45) is 0. The van der Waals surface area contributed by atoms with Gasteiger partial charge in [0.15, 0.2) is 5.78 Å². The molecule has 0 bridgehead atoms. The molecule has 24 heavy (non-hydrogen) atoms. The highest BCUT2D eigenvalue weighted by Crippen LogP contribution is 2.11. The van der Waals surface area contributed by atoms with Crippen LogP contribution in [0.25, 0.3) is 0 Å². The minimum absolute atomic E-state index is 0.0807. The monoisotopic (exact) mass is 330 g/mol. The number of hydrogen-bond acceptors (Lipinski definition) is 1. The molecule has 3 aromatic carbocycles. The maximum atomic E-state index is 12.5. The van der Waals surface area contributed by atoms with Crippen molar-refractivity contribution >= 4 is 24.2 Å². The van der Waals surface area contributed by atoms with E-state index >= 15 is 0 Å². The molecule has 0 heterocycles. The van der Waals surface area contributed by atoms with Gasteiger partial charge >= 0.3 is 0 Å².